The Bertz CT molecular complexity index is 418. The second kappa shape index (κ2) is 6.01. The molecule has 0 aromatic heterocycles. The Balaban J connectivity index is 1.98. The van der Waals surface area contributed by atoms with E-state index in [0.717, 1.165) is 0 Å². The molecule has 19 heavy (non-hydrogen) atoms. The van der Waals surface area contributed by atoms with Crippen LogP contribution in [-0.2, 0) is 11.3 Å². The maximum Gasteiger partial charge on any atom is 0.0869 e. The van der Waals surface area contributed by atoms with E-state index in [9.17, 15) is 5.11 Å². The molecule has 2 unspecified atom stereocenters. The van der Waals surface area contributed by atoms with E-state index < -0.39 is 5.60 Å². The molecule has 1 aromatic carbocycles. The molecule has 1 aliphatic rings. The third-order valence-corrected chi connectivity index (χ3v) is 3.36. The number of hydrogen-bond donors (Lipinski definition) is 2. The molecule has 0 fully saturated rings. The first kappa shape index (κ1) is 14.5. The van der Waals surface area contributed by atoms with E-state index in [0.29, 0.717) is 26.3 Å². The van der Waals surface area contributed by atoms with Crippen LogP contribution in [-0.4, -0.2) is 49.4 Å². The lowest BCUT2D eigenvalue weighted by Crippen LogP contribution is -2.47. The van der Waals surface area contributed by atoms with Gasteiger partial charge in [-0.15, -0.1) is 0 Å². The zero-order chi connectivity index (χ0) is 13.9. The van der Waals surface area contributed by atoms with Crippen LogP contribution in [0, 0.1) is 0 Å². The molecule has 2 atom stereocenters. The highest BCUT2D eigenvalue weighted by Gasteiger charge is 2.25. The van der Waals surface area contributed by atoms with E-state index in [1.807, 2.05) is 32.0 Å². The van der Waals surface area contributed by atoms with Crippen LogP contribution >= 0.6 is 0 Å². The summed E-state index contributed by atoms with van der Waals surface area (Å²) in [6.07, 6.45) is 0. The van der Waals surface area contributed by atoms with Crippen molar-refractivity contribution in [2.45, 2.75) is 25.2 Å². The second-order valence-electron chi connectivity index (χ2n) is 5.88. The summed E-state index contributed by atoms with van der Waals surface area (Å²) in [6, 6.07) is 8.49. The van der Waals surface area contributed by atoms with E-state index >= 15 is 0 Å². The highest BCUT2D eigenvalue weighted by molar-refractivity contribution is 5.31. The summed E-state index contributed by atoms with van der Waals surface area (Å²) in [4.78, 5) is 1.99. The summed E-state index contributed by atoms with van der Waals surface area (Å²) in [7, 11) is 3.93. The van der Waals surface area contributed by atoms with E-state index in [4.69, 9.17) is 4.74 Å². The minimum atomic E-state index is -0.740. The van der Waals surface area contributed by atoms with Gasteiger partial charge in [-0.25, -0.2) is 0 Å². The molecule has 2 rings (SSSR count). The lowest BCUT2D eigenvalue weighted by molar-refractivity contribution is 0.0219. The van der Waals surface area contributed by atoms with Crippen LogP contribution in [0.5, 0.6) is 0 Å². The van der Waals surface area contributed by atoms with E-state index in [2.05, 4.69) is 23.5 Å². The van der Waals surface area contributed by atoms with Crippen LogP contribution in [0.4, 0.5) is 0 Å². The Morgan fingerprint density at radius 3 is 2.89 bits per heavy atom. The Kier molecular flexibility index (Phi) is 4.58. The first-order valence-electron chi connectivity index (χ1n) is 6.74. The molecular weight excluding hydrogens is 240 g/mol. The normalized spacial score (nSPS) is 22.1. The SMILES string of the molecule is CN(C)CC(C)(O)CNC1COCc2ccccc21. The summed E-state index contributed by atoms with van der Waals surface area (Å²) in [5.41, 5.74) is 1.78. The van der Waals surface area contributed by atoms with Crippen molar-refractivity contribution >= 4 is 0 Å². The fourth-order valence-corrected chi connectivity index (χ4v) is 2.63. The van der Waals surface area contributed by atoms with Gasteiger partial charge in [0.15, 0.2) is 0 Å². The van der Waals surface area contributed by atoms with Gasteiger partial charge in [0.25, 0.3) is 0 Å². The quantitative estimate of drug-likeness (QED) is 0.838. The van der Waals surface area contributed by atoms with Crippen molar-refractivity contribution in [3.63, 3.8) is 0 Å². The molecule has 106 valence electrons. The fraction of sp³-hybridized carbons (Fsp3) is 0.600. The van der Waals surface area contributed by atoms with Crippen LogP contribution in [0.15, 0.2) is 24.3 Å². The number of rotatable bonds is 5. The highest BCUT2D eigenvalue weighted by atomic mass is 16.5. The van der Waals surface area contributed by atoms with Crippen LogP contribution < -0.4 is 5.32 Å². The maximum atomic E-state index is 10.3. The summed E-state index contributed by atoms with van der Waals surface area (Å²) in [6.45, 7) is 4.38. The molecule has 1 aliphatic heterocycles. The lowest BCUT2D eigenvalue weighted by Gasteiger charge is -2.32. The molecule has 0 saturated heterocycles. The minimum Gasteiger partial charge on any atom is -0.388 e. The molecular formula is C15H24N2O2. The predicted octanol–water partition coefficient (Wildman–Crippen LogP) is 1.16. The van der Waals surface area contributed by atoms with Gasteiger partial charge < -0.3 is 20.1 Å². The third kappa shape index (κ3) is 4.01. The van der Waals surface area contributed by atoms with Crippen molar-refractivity contribution in [2.24, 2.45) is 0 Å². The third-order valence-electron chi connectivity index (χ3n) is 3.36. The molecule has 0 saturated carbocycles. The maximum absolute atomic E-state index is 10.3. The number of aliphatic hydroxyl groups is 1. The van der Waals surface area contributed by atoms with E-state index in [1.165, 1.54) is 11.1 Å². The summed E-state index contributed by atoms with van der Waals surface area (Å²) in [5, 5.41) is 13.7. The Morgan fingerprint density at radius 2 is 2.16 bits per heavy atom. The van der Waals surface area contributed by atoms with Crippen molar-refractivity contribution in [3.05, 3.63) is 35.4 Å². The topological polar surface area (TPSA) is 44.7 Å². The monoisotopic (exact) mass is 264 g/mol. The van der Waals surface area contributed by atoms with Crippen LogP contribution in [0.2, 0.25) is 0 Å². The predicted molar refractivity (Wildman–Crippen MR) is 76.0 cm³/mol. The Morgan fingerprint density at radius 1 is 1.42 bits per heavy atom. The van der Waals surface area contributed by atoms with Crippen molar-refractivity contribution in [3.8, 4) is 0 Å². The van der Waals surface area contributed by atoms with Gasteiger partial charge in [-0.05, 0) is 32.1 Å². The first-order chi connectivity index (χ1) is 8.98. The van der Waals surface area contributed by atoms with Gasteiger partial charge in [-0.3, -0.25) is 0 Å². The van der Waals surface area contributed by atoms with Crippen LogP contribution in [0.25, 0.3) is 0 Å². The van der Waals surface area contributed by atoms with Crippen molar-refractivity contribution < 1.29 is 9.84 Å². The lowest BCUT2D eigenvalue weighted by atomic mass is 9.98. The van der Waals surface area contributed by atoms with Gasteiger partial charge in [0.2, 0.25) is 0 Å². The van der Waals surface area contributed by atoms with Gasteiger partial charge in [0.1, 0.15) is 0 Å². The van der Waals surface area contributed by atoms with Gasteiger partial charge in [0.05, 0.1) is 24.9 Å². The standard InChI is InChI=1S/C15H24N2O2/c1-15(18,11-17(2)3)10-16-14-9-19-8-12-6-4-5-7-13(12)14/h4-7,14,16,18H,8-11H2,1-3H3. The summed E-state index contributed by atoms with van der Waals surface area (Å²) >= 11 is 0. The number of benzene rings is 1. The number of fused-ring (bicyclic) bond motifs is 1. The molecule has 0 spiro atoms. The van der Waals surface area contributed by atoms with Gasteiger partial charge in [-0.2, -0.15) is 0 Å². The average molecular weight is 264 g/mol. The van der Waals surface area contributed by atoms with Crippen molar-refractivity contribution in [2.75, 3.05) is 33.8 Å². The Hall–Kier alpha value is -0.940. The van der Waals surface area contributed by atoms with Crippen LogP contribution in [0.3, 0.4) is 0 Å². The number of ether oxygens (including phenoxy) is 1. The molecule has 4 nitrogen and oxygen atoms in total. The highest BCUT2D eigenvalue weighted by Crippen LogP contribution is 2.24. The second-order valence-corrected chi connectivity index (χ2v) is 5.88. The molecule has 4 heteroatoms. The molecule has 1 aromatic rings. The number of nitrogens with one attached hydrogen (secondary N) is 1. The van der Waals surface area contributed by atoms with E-state index in [-0.39, 0.29) is 6.04 Å². The molecule has 0 radical (unpaired) electrons. The number of likely N-dealkylation sites (N-methyl/N-ethyl adjacent to an activating group) is 1. The van der Waals surface area contributed by atoms with Gasteiger partial charge in [-0.1, -0.05) is 24.3 Å². The van der Waals surface area contributed by atoms with Crippen molar-refractivity contribution in [1.82, 2.24) is 10.2 Å². The molecule has 0 bridgehead atoms. The molecule has 1 heterocycles. The first-order valence-corrected chi connectivity index (χ1v) is 6.74. The molecule has 2 N–H and O–H groups in total. The average Bonchev–Trinajstić information content (AvgIpc) is 2.35. The number of hydrogen-bond acceptors (Lipinski definition) is 4. The summed E-state index contributed by atoms with van der Waals surface area (Å²) in [5.74, 6) is 0. The smallest absolute Gasteiger partial charge is 0.0869 e. The largest absolute Gasteiger partial charge is 0.388 e. The van der Waals surface area contributed by atoms with E-state index in [1.54, 1.807) is 0 Å². The number of nitrogens with zero attached hydrogens (tertiary/aromatic N) is 1. The Labute approximate surface area is 115 Å². The molecule has 0 aliphatic carbocycles. The minimum absolute atomic E-state index is 0.165. The zero-order valence-electron chi connectivity index (χ0n) is 12.0. The van der Waals surface area contributed by atoms with Gasteiger partial charge in [0, 0.05) is 13.1 Å². The van der Waals surface area contributed by atoms with Crippen molar-refractivity contribution in [1.29, 1.82) is 0 Å². The zero-order valence-corrected chi connectivity index (χ0v) is 12.0. The summed E-state index contributed by atoms with van der Waals surface area (Å²) < 4.78 is 5.60. The van der Waals surface area contributed by atoms with Crippen LogP contribution in [0.1, 0.15) is 24.1 Å². The van der Waals surface area contributed by atoms with Gasteiger partial charge >= 0.3 is 0 Å². The fourth-order valence-electron chi connectivity index (χ4n) is 2.63. The molecule has 0 amide bonds.